The van der Waals surface area contributed by atoms with E-state index in [1.54, 1.807) is 26.0 Å². The fourth-order valence-corrected chi connectivity index (χ4v) is 4.16. The summed E-state index contributed by atoms with van der Waals surface area (Å²) in [5.41, 5.74) is 2.66. The second kappa shape index (κ2) is 8.11. The molecule has 2 N–H and O–H groups in total. The number of benzene rings is 1. The van der Waals surface area contributed by atoms with Crippen LogP contribution in [-0.4, -0.2) is 36.5 Å². The van der Waals surface area contributed by atoms with Gasteiger partial charge in [-0.15, -0.1) is 0 Å². The highest BCUT2D eigenvalue weighted by Gasteiger charge is 2.47. The van der Waals surface area contributed by atoms with E-state index in [1.165, 1.54) is 19.2 Å². The SMILES string of the molecule is CCOC(=O)C1=C(C)NC2=C(C(=O)[C@H](C(=O)OC)[C@H](C)C2)[C@@H]1c1ccc(O)cc1. The van der Waals surface area contributed by atoms with Crippen molar-refractivity contribution in [2.45, 2.75) is 33.1 Å². The molecule has 0 bridgehead atoms. The van der Waals surface area contributed by atoms with Crippen LogP contribution in [0.5, 0.6) is 5.75 Å². The molecule has 0 spiro atoms. The van der Waals surface area contributed by atoms with E-state index in [4.69, 9.17) is 9.47 Å². The number of carbonyl (C=O) groups is 3. The lowest BCUT2D eigenvalue weighted by Crippen LogP contribution is -2.43. The van der Waals surface area contributed by atoms with Crippen molar-refractivity contribution >= 4 is 17.7 Å². The quantitative estimate of drug-likeness (QED) is 0.593. The molecule has 154 valence electrons. The van der Waals surface area contributed by atoms with Crippen LogP contribution in [-0.2, 0) is 23.9 Å². The number of hydrogen-bond donors (Lipinski definition) is 2. The van der Waals surface area contributed by atoms with Gasteiger partial charge in [-0.2, -0.15) is 0 Å². The van der Waals surface area contributed by atoms with Crippen LogP contribution in [0.25, 0.3) is 0 Å². The van der Waals surface area contributed by atoms with Gasteiger partial charge in [0, 0.05) is 22.9 Å². The maximum Gasteiger partial charge on any atom is 0.336 e. The van der Waals surface area contributed by atoms with Crippen molar-refractivity contribution in [3.8, 4) is 5.75 Å². The van der Waals surface area contributed by atoms with Gasteiger partial charge in [-0.3, -0.25) is 9.59 Å². The zero-order valence-corrected chi connectivity index (χ0v) is 16.9. The number of hydrogen-bond acceptors (Lipinski definition) is 7. The molecule has 29 heavy (non-hydrogen) atoms. The number of rotatable bonds is 4. The molecule has 0 saturated heterocycles. The first-order chi connectivity index (χ1) is 13.8. The monoisotopic (exact) mass is 399 g/mol. The average Bonchev–Trinajstić information content (AvgIpc) is 2.67. The molecule has 0 amide bonds. The topological polar surface area (TPSA) is 102 Å². The molecular formula is C22H25NO6. The second-order valence-corrected chi connectivity index (χ2v) is 7.35. The molecule has 7 nitrogen and oxygen atoms in total. The number of Topliss-reactive ketones (excluding diaryl/α,β-unsaturated/α-hetero) is 1. The minimum absolute atomic E-state index is 0.0753. The van der Waals surface area contributed by atoms with Crippen molar-refractivity contribution in [2.75, 3.05) is 13.7 Å². The van der Waals surface area contributed by atoms with E-state index >= 15 is 0 Å². The predicted molar refractivity (Wildman–Crippen MR) is 105 cm³/mol. The van der Waals surface area contributed by atoms with Gasteiger partial charge in [0.15, 0.2) is 5.78 Å². The summed E-state index contributed by atoms with van der Waals surface area (Å²) in [4.78, 5) is 38.5. The summed E-state index contributed by atoms with van der Waals surface area (Å²) in [5, 5.41) is 12.9. The minimum Gasteiger partial charge on any atom is -0.508 e. The zero-order chi connectivity index (χ0) is 21.3. The fourth-order valence-electron chi connectivity index (χ4n) is 4.16. The summed E-state index contributed by atoms with van der Waals surface area (Å²) >= 11 is 0. The lowest BCUT2D eigenvalue weighted by atomic mass is 9.69. The smallest absolute Gasteiger partial charge is 0.336 e. The molecule has 1 aliphatic heterocycles. The summed E-state index contributed by atoms with van der Waals surface area (Å²) < 4.78 is 10.1. The van der Waals surface area contributed by atoms with Gasteiger partial charge in [-0.05, 0) is 43.9 Å². The van der Waals surface area contributed by atoms with Gasteiger partial charge < -0.3 is 19.9 Å². The predicted octanol–water partition coefficient (Wildman–Crippen LogP) is 2.57. The van der Waals surface area contributed by atoms with Crippen LogP contribution in [0.15, 0.2) is 46.8 Å². The molecule has 0 unspecified atom stereocenters. The zero-order valence-electron chi connectivity index (χ0n) is 16.9. The van der Waals surface area contributed by atoms with Gasteiger partial charge in [-0.1, -0.05) is 19.1 Å². The largest absolute Gasteiger partial charge is 0.508 e. The molecule has 7 heteroatoms. The molecule has 2 aliphatic rings. The number of esters is 2. The molecule has 0 aromatic heterocycles. The lowest BCUT2D eigenvalue weighted by molar-refractivity contribution is -0.151. The lowest BCUT2D eigenvalue weighted by Gasteiger charge is -2.38. The third-order valence-electron chi connectivity index (χ3n) is 5.46. The van der Waals surface area contributed by atoms with Crippen molar-refractivity contribution in [1.29, 1.82) is 0 Å². The number of ether oxygens (including phenoxy) is 2. The number of nitrogens with one attached hydrogen (secondary N) is 1. The highest BCUT2D eigenvalue weighted by atomic mass is 16.5. The highest BCUT2D eigenvalue weighted by molar-refractivity contribution is 6.12. The van der Waals surface area contributed by atoms with Crippen molar-refractivity contribution in [2.24, 2.45) is 11.8 Å². The Hall–Kier alpha value is -3.09. The molecular weight excluding hydrogens is 374 g/mol. The summed E-state index contributed by atoms with van der Waals surface area (Å²) in [6, 6.07) is 6.34. The van der Waals surface area contributed by atoms with Crippen LogP contribution in [0.3, 0.4) is 0 Å². The number of phenols is 1. The molecule has 0 radical (unpaired) electrons. The van der Waals surface area contributed by atoms with Gasteiger partial charge in [0.1, 0.15) is 11.7 Å². The first-order valence-corrected chi connectivity index (χ1v) is 9.59. The van der Waals surface area contributed by atoms with Crippen LogP contribution in [0.2, 0.25) is 0 Å². The molecule has 0 saturated carbocycles. The summed E-state index contributed by atoms with van der Waals surface area (Å²) in [6.45, 7) is 5.51. The third kappa shape index (κ3) is 3.64. The van der Waals surface area contributed by atoms with E-state index in [-0.39, 0.29) is 24.1 Å². The molecule has 1 aromatic rings. The Balaban J connectivity index is 2.18. The number of methoxy groups -OCH3 is 1. The molecule has 1 heterocycles. The Morgan fingerprint density at radius 3 is 2.48 bits per heavy atom. The number of carbonyl (C=O) groups excluding carboxylic acids is 3. The number of allylic oxidation sites excluding steroid dienone is 3. The van der Waals surface area contributed by atoms with E-state index in [1.807, 2.05) is 6.92 Å². The maximum atomic E-state index is 13.4. The minimum atomic E-state index is -0.929. The molecule has 1 aromatic carbocycles. The average molecular weight is 399 g/mol. The van der Waals surface area contributed by atoms with Crippen molar-refractivity contribution in [3.63, 3.8) is 0 Å². The normalized spacial score (nSPS) is 24.0. The van der Waals surface area contributed by atoms with Gasteiger partial charge in [0.05, 0.1) is 19.3 Å². The van der Waals surface area contributed by atoms with Crippen LogP contribution < -0.4 is 5.32 Å². The van der Waals surface area contributed by atoms with Crippen LogP contribution in [0.1, 0.15) is 38.7 Å². The van der Waals surface area contributed by atoms with E-state index in [0.717, 1.165) is 0 Å². The van der Waals surface area contributed by atoms with Gasteiger partial charge >= 0.3 is 11.9 Å². The van der Waals surface area contributed by atoms with Gasteiger partial charge in [0.2, 0.25) is 0 Å². The van der Waals surface area contributed by atoms with Crippen molar-refractivity contribution < 1.29 is 29.0 Å². The van der Waals surface area contributed by atoms with E-state index in [9.17, 15) is 19.5 Å². The Morgan fingerprint density at radius 1 is 1.24 bits per heavy atom. The van der Waals surface area contributed by atoms with Crippen LogP contribution >= 0.6 is 0 Å². The number of aromatic hydroxyl groups is 1. The molecule has 3 rings (SSSR count). The van der Waals surface area contributed by atoms with Crippen molar-refractivity contribution in [3.05, 3.63) is 52.4 Å². The molecule has 3 atom stereocenters. The van der Waals surface area contributed by atoms with E-state index in [0.29, 0.717) is 34.5 Å². The Kier molecular flexibility index (Phi) is 5.77. The van der Waals surface area contributed by atoms with Gasteiger partial charge in [-0.25, -0.2) is 4.79 Å². The number of phenolic OH excluding ortho intramolecular Hbond substituents is 1. The first-order valence-electron chi connectivity index (χ1n) is 9.59. The van der Waals surface area contributed by atoms with E-state index in [2.05, 4.69) is 5.32 Å². The van der Waals surface area contributed by atoms with E-state index < -0.39 is 23.8 Å². The third-order valence-corrected chi connectivity index (χ3v) is 5.46. The summed E-state index contributed by atoms with van der Waals surface area (Å²) in [5.74, 6) is -3.25. The molecule has 1 aliphatic carbocycles. The highest BCUT2D eigenvalue weighted by Crippen LogP contribution is 2.45. The standard InChI is InChI=1S/C22H25NO6/c1-5-29-22(27)17-12(3)23-15-10-11(2)16(21(26)28-4)20(25)19(15)18(17)13-6-8-14(24)9-7-13/h6-9,11,16,18,23-24H,5,10H2,1-4H3/t11-,16-,18-/m1/s1. The first kappa shape index (κ1) is 20.6. The Morgan fingerprint density at radius 2 is 1.90 bits per heavy atom. The maximum absolute atomic E-state index is 13.4. The Bertz CT molecular complexity index is 912. The summed E-state index contributed by atoms with van der Waals surface area (Å²) in [6.07, 6.45) is 0.475. The second-order valence-electron chi connectivity index (χ2n) is 7.35. The van der Waals surface area contributed by atoms with Crippen molar-refractivity contribution in [1.82, 2.24) is 5.32 Å². The Labute approximate surface area is 169 Å². The number of dihydropyridines is 1. The number of ketones is 1. The van der Waals surface area contributed by atoms with Crippen LogP contribution in [0.4, 0.5) is 0 Å². The summed E-state index contributed by atoms with van der Waals surface area (Å²) in [7, 11) is 1.26. The van der Waals surface area contributed by atoms with Gasteiger partial charge in [0.25, 0.3) is 0 Å². The fraction of sp³-hybridized carbons (Fsp3) is 0.409. The van der Waals surface area contributed by atoms with Crippen LogP contribution in [0, 0.1) is 11.8 Å². The molecule has 0 fully saturated rings.